The zero-order chi connectivity index (χ0) is 31.1. The van der Waals surface area contributed by atoms with Crippen molar-refractivity contribution < 1.29 is 37.4 Å². The van der Waals surface area contributed by atoms with Gasteiger partial charge in [0.15, 0.2) is 11.6 Å². The van der Waals surface area contributed by atoms with Crippen molar-refractivity contribution in [3.63, 3.8) is 0 Å². The lowest BCUT2D eigenvalue weighted by atomic mass is 9.97. The maximum Gasteiger partial charge on any atom is 0.410 e. The fraction of sp³-hybridized carbons (Fsp3) is 0.600. The van der Waals surface area contributed by atoms with Gasteiger partial charge in [-0.05, 0) is 80.2 Å². The van der Waals surface area contributed by atoms with Crippen molar-refractivity contribution in [2.45, 2.75) is 103 Å². The molecule has 10 nitrogen and oxygen atoms in total. The maximum atomic E-state index is 15.6. The maximum absolute atomic E-state index is 15.6. The highest BCUT2D eigenvalue weighted by Crippen LogP contribution is 2.39. The summed E-state index contributed by atoms with van der Waals surface area (Å²) < 4.78 is 48.3. The van der Waals surface area contributed by atoms with Crippen LogP contribution in [0.25, 0.3) is 10.9 Å². The summed E-state index contributed by atoms with van der Waals surface area (Å²) in [4.78, 5) is 53.0. The number of pyridine rings is 1. The number of nitrogens with zero attached hydrogens (tertiary/aromatic N) is 2. The van der Waals surface area contributed by atoms with Gasteiger partial charge in [-0.2, -0.15) is 0 Å². The van der Waals surface area contributed by atoms with E-state index in [-0.39, 0.29) is 54.1 Å². The molecule has 0 unspecified atom stereocenters. The number of fused-ring (bicyclic) bond motifs is 1. The summed E-state index contributed by atoms with van der Waals surface area (Å²) in [6, 6.07) is -0.573. The predicted octanol–water partition coefficient (Wildman–Crippen LogP) is 5.24. The molecule has 1 aromatic carbocycles. The fourth-order valence-corrected chi connectivity index (χ4v) is 5.19. The summed E-state index contributed by atoms with van der Waals surface area (Å²) in [6.07, 6.45) is 1.50. The molecule has 230 valence electrons. The molecule has 1 saturated carbocycles. The number of esters is 1. The van der Waals surface area contributed by atoms with Crippen molar-refractivity contribution in [3.8, 4) is 0 Å². The van der Waals surface area contributed by atoms with E-state index in [1.165, 1.54) is 11.1 Å². The Hall–Kier alpha value is -3.70. The number of likely N-dealkylation sites (tertiary alicyclic amines) is 1. The first-order valence-electron chi connectivity index (χ1n) is 14.2. The van der Waals surface area contributed by atoms with E-state index in [0.717, 1.165) is 18.9 Å². The van der Waals surface area contributed by atoms with Crippen molar-refractivity contribution in [2.75, 3.05) is 13.2 Å². The van der Waals surface area contributed by atoms with Crippen molar-refractivity contribution in [1.82, 2.24) is 14.8 Å². The number of halogens is 2. The Labute approximate surface area is 243 Å². The summed E-state index contributed by atoms with van der Waals surface area (Å²) in [5, 5.41) is 2.61. The molecule has 0 spiro atoms. The molecule has 2 atom stereocenters. The molecule has 2 amide bonds. The van der Waals surface area contributed by atoms with E-state index >= 15 is 8.78 Å². The van der Waals surface area contributed by atoms with Crippen LogP contribution in [0.4, 0.5) is 18.4 Å². The SMILES string of the molecule is CCOC(=O)c1cn(C2CC2)c2c(C[C@H]3C[C@@H](NC(=O)OC(C)(C)C)CN3C(=O)OC(C)(C)C)c(F)c(F)cc2c1=O. The van der Waals surface area contributed by atoms with E-state index in [0.29, 0.717) is 0 Å². The molecular weight excluding hydrogens is 552 g/mol. The summed E-state index contributed by atoms with van der Waals surface area (Å²) in [7, 11) is 0. The second-order valence-corrected chi connectivity index (χ2v) is 12.8. The number of amides is 2. The molecule has 1 aromatic heterocycles. The molecule has 2 fully saturated rings. The normalized spacial score (nSPS) is 19.1. The zero-order valence-corrected chi connectivity index (χ0v) is 25.1. The van der Waals surface area contributed by atoms with Gasteiger partial charge in [0.2, 0.25) is 5.43 Å². The Morgan fingerprint density at radius 1 is 1.05 bits per heavy atom. The minimum absolute atomic E-state index is 0.0451. The highest BCUT2D eigenvalue weighted by Gasteiger charge is 2.40. The van der Waals surface area contributed by atoms with Crippen molar-refractivity contribution in [2.24, 2.45) is 0 Å². The van der Waals surface area contributed by atoms with Gasteiger partial charge in [-0.3, -0.25) is 4.79 Å². The van der Waals surface area contributed by atoms with E-state index in [4.69, 9.17) is 14.2 Å². The van der Waals surface area contributed by atoms with Crippen LogP contribution in [-0.4, -0.2) is 64.1 Å². The Morgan fingerprint density at radius 2 is 1.69 bits per heavy atom. The van der Waals surface area contributed by atoms with Crippen LogP contribution in [0.5, 0.6) is 0 Å². The van der Waals surface area contributed by atoms with E-state index < -0.39 is 58.5 Å². The predicted molar refractivity (Wildman–Crippen MR) is 151 cm³/mol. The third kappa shape index (κ3) is 7.01. The average molecular weight is 592 g/mol. The highest BCUT2D eigenvalue weighted by molar-refractivity contribution is 5.94. The smallest absolute Gasteiger partial charge is 0.410 e. The first-order chi connectivity index (χ1) is 19.5. The molecule has 12 heteroatoms. The van der Waals surface area contributed by atoms with Gasteiger partial charge in [-0.1, -0.05) is 0 Å². The van der Waals surface area contributed by atoms with Gasteiger partial charge < -0.3 is 29.0 Å². The first-order valence-corrected chi connectivity index (χ1v) is 14.2. The minimum Gasteiger partial charge on any atom is -0.462 e. The quantitative estimate of drug-likeness (QED) is 0.361. The molecule has 42 heavy (non-hydrogen) atoms. The molecule has 1 saturated heterocycles. The Kier molecular flexibility index (Phi) is 8.57. The van der Waals surface area contributed by atoms with Gasteiger partial charge in [-0.25, -0.2) is 23.2 Å². The fourth-order valence-electron chi connectivity index (χ4n) is 5.19. The van der Waals surface area contributed by atoms with Gasteiger partial charge in [0.25, 0.3) is 0 Å². The van der Waals surface area contributed by atoms with Crippen LogP contribution >= 0.6 is 0 Å². The lowest BCUT2D eigenvalue weighted by molar-refractivity contribution is 0.0218. The van der Waals surface area contributed by atoms with Crippen LogP contribution < -0.4 is 10.7 Å². The van der Waals surface area contributed by atoms with Gasteiger partial charge in [0.05, 0.1) is 18.2 Å². The van der Waals surface area contributed by atoms with Crippen LogP contribution in [0.2, 0.25) is 0 Å². The van der Waals surface area contributed by atoms with E-state index in [1.807, 2.05) is 0 Å². The van der Waals surface area contributed by atoms with Crippen LogP contribution in [0.15, 0.2) is 17.1 Å². The first kappa shape index (κ1) is 31.2. The van der Waals surface area contributed by atoms with Gasteiger partial charge >= 0.3 is 18.2 Å². The number of carbonyl (C=O) groups is 3. The molecular formula is C30H39F2N3O7. The lowest BCUT2D eigenvalue weighted by Crippen LogP contribution is -2.43. The highest BCUT2D eigenvalue weighted by atomic mass is 19.2. The number of hydrogen-bond acceptors (Lipinski definition) is 7. The Bertz CT molecular complexity index is 1450. The standard InChI is InChI=1S/C30H39F2N3O7/c1-8-40-26(37)21-15-34(17-9-10-17)24-19(23(32)22(31)13-20(24)25(21)36)12-18-11-16(33-27(38)41-29(2,3)4)14-35(18)28(39)42-30(5,6)7/h13,15-18H,8-12,14H2,1-7H3,(H,33,38)/t16-,18-/m1/s1. The third-order valence-corrected chi connectivity index (χ3v) is 6.94. The minimum atomic E-state index is -1.25. The van der Waals surface area contributed by atoms with Gasteiger partial charge in [0.1, 0.15) is 16.8 Å². The third-order valence-electron chi connectivity index (χ3n) is 6.94. The van der Waals surface area contributed by atoms with Crippen molar-refractivity contribution in [1.29, 1.82) is 0 Å². The van der Waals surface area contributed by atoms with Crippen molar-refractivity contribution in [3.05, 3.63) is 45.2 Å². The number of alkyl carbamates (subject to hydrolysis) is 1. The average Bonchev–Trinajstić information content (AvgIpc) is 3.61. The number of benzene rings is 1. The number of nitrogens with one attached hydrogen (secondary N) is 1. The van der Waals surface area contributed by atoms with E-state index in [2.05, 4.69) is 5.32 Å². The topological polar surface area (TPSA) is 116 Å². The number of carbonyl (C=O) groups excluding carboxylic acids is 3. The Morgan fingerprint density at radius 3 is 2.26 bits per heavy atom. The molecule has 1 aliphatic heterocycles. The van der Waals surface area contributed by atoms with Crippen LogP contribution in [0.3, 0.4) is 0 Å². The molecule has 1 N–H and O–H groups in total. The summed E-state index contributed by atoms with van der Waals surface area (Å²) >= 11 is 0. The van der Waals surface area contributed by atoms with E-state index in [9.17, 15) is 19.2 Å². The molecule has 0 radical (unpaired) electrons. The largest absolute Gasteiger partial charge is 0.462 e. The molecule has 4 rings (SSSR count). The number of ether oxygens (including phenoxy) is 3. The molecule has 2 aliphatic rings. The summed E-state index contributed by atoms with van der Waals surface area (Å²) in [5.74, 6) is -3.23. The number of hydrogen-bond donors (Lipinski definition) is 1. The Balaban J connectivity index is 1.78. The van der Waals surface area contributed by atoms with Gasteiger partial charge in [-0.15, -0.1) is 0 Å². The lowest BCUT2D eigenvalue weighted by Gasteiger charge is -2.29. The van der Waals surface area contributed by atoms with Crippen LogP contribution in [0, 0.1) is 11.6 Å². The number of rotatable bonds is 6. The van der Waals surface area contributed by atoms with Crippen LogP contribution in [-0.2, 0) is 20.6 Å². The monoisotopic (exact) mass is 591 g/mol. The van der Waals surface area contributed by atoms with Crippen molar-refractivity contribution >= 4 is 29.1 Å². The second-order valence-electron chi connectivity index (χ2n) is 12.8. The molecule has 0 bridgehead atoms. The number of aromatic nitrogens is 1. The van der Waals surface area contributed by atoms with E-state index in [1.54, 1.807) is 53.0 Å². The van der Waals surface area contributed by atoms with Crippen LogP contribution in [0.1, 0.15) is 89.7 Å². The molecule has 2 heterocycles. The second kappa shape index (κ2) is 11.5. The molecule has 2 aromatic rings. The summed E-state index contributed by atoms with van der Waals surface area (Å²) in [6.45, 7) is 12.0. The summed E-state index contributed by atoms with van der Waals surface area (Å²) in [5.41, 5.74) is -2.52. The zero-order valence-electron chi connectivity index (χ0n) is 25.1. The molecule has 1 aliphatic carbocycles. The van der Waals surface area contributed by atoms with Gasteiger partial charge in [0, 0.05) is 35.8 Å².